The van der Waals surface area contributed by atoms with E-state index in [2.05, 4.69) is 26.7 Å². The van der Waals surface area contributed by atoms with E-state index in [1.165, 1.54) is 32.1 Å². The van der Waals surface area contributed by atoms with E-state index < -0.39 is 0 Å². The lowest BCUT2D eigenvalue weighted by Gasteiger charge is -2.26. The highest BCUT2D eigenvalue weighted by Gasteiger charge is 2.17. The largest absolute Gasteiger partial charge is 0.341 e. The molecule has 1 aromatic rings. The summed E-state index contributed by atoms with van der Waals surface area (Å²) in [5, 5.41) is 0. The fourth-order valence-electron chi connectivity index (χ4n) is 2.06. The summed E-state index contributed by atoms with van der Waals surface area (Å²) in [4.78, 5) is 11.1. The van der Waals surface area contributed by atoms with Crippen LogP contribution in [0.5, 0.6) is 0 Å². The maximum atomic E-state index is 4.41. The van der Waals surface area contributed by atoms with Gasteiger partial charge in [-0.25, -0.2) is 9.97 Å². The van der Waals surface area contributed by atoms with E-state index >= 15 is 0 Å². The topological polar surface area (TPSA) is 29.0 Å². The van der Waals surface area contributed by atoms with Crippen molar-refractivity contribution in [2.45, 2.75) is 32.1 Å². The molecule has 0 N–H and O–H groups in total. The molecule has 2 fully saturated rings. The van der Waals surface area contributed by atoms with Gasteiger partial charge in [0, 0.05) is 31.4 Å². The first-order valence-electron chi connectivity index (χ1n) is 6.50. The standard InChI is InChI=1S/C14H17N3/c1-2-8-17(9-3-1)14-15-10-13(11-16-14)7-6-12-4-5-12/h10-12H,1-5,8-9H2. The highest BCUT2D eigenvalue weighted by Crippen LogP contribution is 2.27. The fraction of sp³-hybridized carbons (Fsp3) is 0.571. The summed E-state index contributed by atoms with van der Waals surface area (Å²) in [7, 11) is 0. The van der Waals surface area contributed by atoms with Crippen molar-refractivity contribution in [3.05, 3.63) is 18.0 Å². The van der Waals surface area contributed by atoms with Crippen molar-refractivity contribution in [1.82, 2.24) is 9.97 Å². The van der Waals surface area contributed by atoms with E-state index in [0.29, 0.717) is 5.92 Å². The number of piperidine rings is 1. The molecule has 0 radical (unpaired) electrons. The number of rotatable bonds is 1. The van der Waals surface area contributed by atoms with Gasteiger partial charge >= 0.3 is 0 Å². The molecule has 3 nitrogen and oxygen atoms in total. The van der Waals surface area contributed by atoms with Crippen molar-refractivity contribution in [2.75, 3.05) is 18.0 Å². The second-order valence-corrected chi connectivity index (χ2v) is 4.86. The number of aromatic nitrogens is 2. The second kappa shape index (κ2) is 4.75. The smallest absolute Gasteiger partial charge is 0.225 e. The first-order valence-corrected chi connectivity index (χ1v) is 6.50. The van der Waals surface area contributed by atoms with Crippen LogP contribution in [0.4, 0.5) is 5.95 Å². The lowest BCUT2D eigenvalue weighted by molar-refractivity contribution is 0.568. The molecular formula is C14H17N3. The van der Waals surface area contributed by atoms with Crippen LogP contribution in [0.2, 0.25) is 0 Å². The Morgan fingerprint density at radius 1 is 1.06 bits per heavy atom. The molecule has 0 atom stereocenters. The minimum Gasteiger partial charge on any atom is -0.341 e. The molecule has 1 saturated carbocycles. The number of nitrogens with zero attached hydrogens (tertiary/aromatic N) is 3. The Kier molecular flexibility index (Phi) is 2.96. The number of hydrogen-bond donors (Lipinski definition) is 0. The van der Waals surface area contributed by atoms with Gasteiger partial charge in [-0.3, -0.25) is 0 Å². The van der Waals surface area contributed by atoms with E-state index in [9.17, 15) is 0 Å². The van der Waals surface area contributed by atoms with Crippen LogP contribution >= 0.6 is 0 Å². The molecule has 3 heteroatoms. The van der Waals surface area contributed by atoms with E-state index in [4.69, 9.17) is 0 Å². The fourth-order valence-corrected chi connectivity index (χ4v) is 2.06. The van der Waals surface area contributed by atoms with Gasteiger partial charge in [0.05, 0.1) is 5.56 Å². The minimum absolute atomic E-state index is 0.636. The van der Waals surface area contributed by atoms with Gasteiger partial charge in [-0.2, -0.15) is 0 Å². The van der Waals surface area contributed by atoms with Gasteiger partial charge in [-0.15, -0.1) is 0 Å². The third kappa shape index (κ3) is 2.76. The maximum absolute atomic E-state index is 4.41. The zero-order valence-corrected chi connectivity index (χ0v) is 10.0. The van der Waals surface area contributed by atoms with E-state index in [1.807, 2.05) is 12.4 Å². The first kappa shape index (κ1) is 10.6. The van der Waals surface area contributed by atoms with Crippen LogP contribution < -0.4 is 4.90 Å². The summed E-state index contributed by atoms with van der Waals surface area (Å²) in [5.41, 5.74) is 0.942. The normalized spacial score (nSPS) is 19.6. The van der Waals surface area contributed by atoms with Gasteiger partial charge in [0.15, 0.2) is 0 Å². The molecule has 0 bridgehead atoms. The summed E-state index contributed by atoms with van der Waals surface area (Å²) < 4.78 is 0. The average molecular weight is 227 g/mol. The Labute approximate surface area is 102 Å². The molecule has 2 heterocycles. The van der Waals surface area contributed by atoms with Crippen molar-refractivity contribution in [2.24, 2.45) is 5.92 Å². The summed E-state index contributed by atoms with van der Waals surface area (Å²) in [6.07, 6.45) is 10.1. The Morgan fingerprint density at radius 2 is 1.76 bits per heavy atom. The van der Waals surface area contributed by atoms with Crippen LogP contribution in [0.15, 0.2) is 12.4 Å². The molecule has 1 aliphatic heterocycles. The van der Waals surface area contributed by atoms with Gasteiger partial charge in [0.25, 0.3) is 0 Å². The molecule has 1 aliphatic carbocycles. The molecule has 0 amide bonds. The molecule has 0 aromatic carbocycles. The predicted octanol–water partition coefficient (Wildman–Crippen LogP) is 2.23. The van der Waals surface area contributed by atoms with Crippen LogP contribution in [0, 0.1) is 17.8 Å². The molecule has 0 spiro atoms. The number of anilines is 1. The van der Waals surface area contributed by atoms with Crippen LogP contribution in [-0.4, -0.2) is 23.1 Å². The Balaban J connectivity index is 1.68. The van der Waals surface area contributed by atoms with Crippen molar-refractivity contribution >= 4 is 5.95 Å². The van der Waals surface area contributed by atoms with Crippen LogP contribution in [-0.2, 0) is 0 Å². The Bertz CT molecular complexity index is 431. The van der Waals surface area contributed by atoms with Crippen LogP contribution in [0.3, 0.4) is 0 Å². The molecule has 0 unspecified atom stereocenters. The SMILES string of the molecule is C(#CC1CC1)c1cnc(N2CCCCC2)nc1. The van der Waals surface area contributed by atoms with Gasteiger partial charge in [0.2, 0.25) is 5.95 Å². The summed E-state index contributed by atoms with van der Waals surface area (Å²) >= 11 is 0. The highest BCUT2D eigenvalue weighted by molar-refractivity contribution is 5.36. The van der Waals surface area contributed by atoms with Crippen molar-refractivity contribution < 1.29 is 0 Å². The van der Waals surface area contributed by atoms with Gasteiger partial charge < -0.3 is 4.90 Å². The third-order valence-corrected chi connectivity index (χ3v) is 3.28. The Hall–Kier alpha value is -1.56. The average Bonchev–Trinajstić information content (AvgIpc) is 3.22. The van der Waals surface area contributed by atoms with Crippen molar-refractivity contribution in [1.29, 1.82) is 0 Å². The quantitative estimate of drug-likeness (QED) is 0.689. The predicted molar refractivity (Wildman–Crippen MR) is 67.7 cm³/mol. The second-order valence-electron chi connectivity index (χ2n) is 4.86. The van der Waals surface area contributed by atoms with Gasteiger partial charge in [-0.1, -0.05) is 11.8 Å². The van der Waals surface area contributed by atoms with E-state index in [0.717, 1.165) is 24.6 Å². The monoisotopic (exact) mass is 227 g/mol. The summed E-state index contributed by atoms with van der Waals surface area (Å²) in [5.74, 6) is 7.87. The summed E-state index contributed by atoms with van der Waals surface area (Å²) in [6, 6.07) is 0. The molecule has 88 valence electrons. The molecule has 2 aliphatic rings. The molecular weight excluding hydrogens is 210 g/mol. The zero-order valence-electron chi connectivity index (χ0n) is 10.0. The van der Waals surface area contributed by atoms with Crippen molar-refractivity contribution in [3.63, 3.8) is 0 Å². The molecule has 1 saturated heterocycles. The lowest BCUT2D eigenvalue weighted by atomic mass is 10.1. The zero-order chi connectivity index (χ0) is 11.5. The maximum Gasteiger partial charge on any atom is 0.225 e. The van der Waals surface area contributed by atoms with Crippen LogP contribution in [0.25, 0.3) is 0 Å². The lowest BCUT2D eigenvalue weighted by Crippen LogP contribution is -2.30. The third-order valence-electron chi connectivity index (χ3n) is 3.28. The first-order chi connectivity index (χ1) is 8.42. The van der Waals surface area contributed by atoms with E-state index in [1.54, 1.807) is 0 Å². The minimum atomic E-state index is 0.636. The van der Waals surface area contributed by atoms with E-state index in [-0.39, 0.29) is 0 Å². The van der Waals surface area contributed by atoms with Crippen molar-refractivity contribution in [3.8, 4) is 11.8 Å². The van der Waals surface area contributed by atoms with Gasteiger partial charge in [0.1, 0.15) is 0 Å². The molecule has 1 aromatic heterocycles. The van der Waals surface area contributed by atoms with Crippen LogP contribution in [0.1, 0.15) is 37.7 Å². The van der Waals surface area contributed by atoms with Gasteiger partial charge in [-0.05, 0) is 32.1 Å². The Morgan fingerprint density at radius 3 is 2.41 bits per heavy atom. The molecule has 3 rings (SSSR count). The highest BCUT2D eigenvalue weighted by atomic mass is 15.2. The molecule has 17 heavy (non-hydrogen) atoms. The summed E-state index contributed by atoms with van der Waals surface area (Å²) in [6.45, 7) is 2.18. The number of hydrogen-bond acceptors (Lipinski definition) is 3.